The fourth-order valence-corrected chi connectivity index (χ4v) is 3.27. The van der Waals surface area contributed by atoms with E-state index in [0.29, 0.717) is 6.42 Å². The van der Waals surface area contributed by atoms with E-state index in [9.17, 15) is 9.59 Å². The molecule has 140 valence electrons. The predicted octanol–water partition coefficient (Wildman–Crippen LogP) is 5.35. The molecule has 0 atom stereocenters. The summed E-state index contributed by atoms with van der Waals surface area (Å²) < 4.78 is 2.13. The minimum atomic E-state index is 0.106. The molecule has 0 bridgehead atoms. The number of rotatable bonds is 11. The highest BCUT2D eigenvalue weighted by atomic mass is 16.1. The number of unbranched alkanes of at least 4 members (excludes halogenated alkanes) is 5. The number of carbonyl (C=O) groups excluding carboxylic acids is 1. The van der Waals surface area contributed by atoms with Crippen LogP contribution in [0.4, 0.5) is 0 Å². The van der Waals surface area contributed by atoms with E-state index in [-0.39, 0.29) is 11.2 Å². The van der Waals surface area contributed by atoms with Gasteiger partial charge in [0.05, 0.1) is 5.52 Å². The van der Waals surface area contributed by atoms with Gasteiger partial charge in [0, 0.05) is 30.6 Å². The lowest BCUT2D eigenvalue weighted by atomic mass is 10.1. The van der Waals surface area contributed by atoms with Gasteiger partial charge in [-0.05, 0) is 43.9 Å². The molecule has 0 aliphatic rings. The molecule has 1 heterocycles. The van der Waals surface area contributed by atoms with Crippen molar-refractivity contribution in [2.45, 2.75) is 64.7 Å². The molecule has 0 spiro atoms. The first-order valence-electron chi connectivity index (χ1n) is 9.90. The minimum Gasteiger partial charge on any atom is -0.347 e. The van der Waals surface area contributed by atoms with Gasteiger partial charge in [-0.15, -0.1) is 0 Å². The van der Waals surface area contributed by atoms with E-state index in [1.165, 1.54) is 6.42 Å². The van der Waals surface area contributed by atoms with Crippen LogP contribution in [-0.2, 0) is 18.3 Å². The van der Waals surface area contributed by atoms with Gasteiger partial charge in [0.1, 0.15) is 0 Å². The number of aromatic nitrogens is 1. The van der Waals surface area contributed by atoms with Crippen molar-refractivity contribution in [2.75, 3.05) is 0 Å². The number of carbonyl (C=O) groups is 1. The lowest BCUT2D eigenvalue weighted by molar-refractivity contribution is -0.114. The summed E-state index contributed by atoms with van der Waals surface area (Å²) in [5, 5.41) is 0.782. The molecule has 0 fully saturated rings. The van der Waals surface area contributed by atoms with Gasteiger partial charge in [-0.1, -0.05) is 50.8 Å². The second kappa shape index (κ2) is 10.7. The van der Waals surface area contributed by atoms with E-state index in [1.54, 1.807) is 12.1 Å². The van der Waals surface area contributed by atoms with Gasteiger partial charge in [-0.25, -0.2) is 0 Å². The molecule has 0 N–H and O–H groups in total. The van der Waals surface area contributed by atoms with E-state index in [2.05, 4.69) is 11.5 Å². The van der Waals surface area contributed by atoms with Crippen LogP contribution in [0.2, 0.25) is 0 Å². The summed E-state index contributed by atoms with van der Waals surface area (Å²) in [6.07, 6.45) is 12.8. The number of benzene rings is 1. The molecular formula is C23H31NO2. The van der Waals surface area contributed by atoms with Crippen LogP contribution in [0.15, 0.2) is 47.3 Å². The Morgan fingerprint density at radius 2 is 1.85 bits per heavy atom. The normalized spacial score (nSPS) is 11.5. The van der Waals surface area contributed by atoms with Gasteiger partial charge in [0.25, 0.3) is 0 Å². The van der Waals surface area contributed by atoms with E-state index in [0.717, 1.165) is 61.5 Å². The molecule has 0 unspecified atom stereocenters. The molecule has 3 heteroatoms. The number of hydrogen-bond donors (Lipinski definition) is 0. The van der Waals surface area contributed by atoms with Crippen LogP contribution in [0.3, 0.4) is 0 Å². The van der Waals surface area contributed by atoms with Gasteiger partial charge in [0.15, 0.2) is 11.2 Å². The van der Waals surface area contributed by atoms with Crippen molar-refractivity contribution < 1.29 is 4.79 Å². The van der Waals surface area contributed by atoms with Gasteiger partial charge < -0.3 is 4.57 Å². The largest absolute Gasteiger partial charge is 0.347 e. The van der Waals surface area contributed by atoms with Crippen LogP contribution in [-0.4, -0.2) is 10.4 Å². The van der Waals surface area contributed by atoms with Crippen LogP contribution in [0.25, 0.3) is 10.9 Å². The van der Waals surface area contributed by atoms with E-state index < -0.39 is 0 Å². The number of pyridine rings is 1. The molecule has 0 radical (unpaired) electrons. The maximum Gasteiger partial charge on any atom is 0.189 e. The monoisotopic (exact) mass is 353 g/mol. The second-order valence-electron chi connectivity index (χ2n) is 7.00. The molecular weight excluding hydrogens is 322 g/mol. The Kier molecular flexibility index (Phi) is 8.33. The molecule has 2 rings (SSSR count). The Morgan fingerprint density at radius 1 is 1.08 bits per heavy atom. The van der Waals surface area contributed by atoms with Crippen molar-refractivity contribution in [1.29, 1.82) is 0 Å². The summed E-state index contributed by atoms with van der Waals surface area (Å²) in [7, 11) is 2.03. The Bertz CT molecular complexity index is 801. The molecule has 0 aliphatic heterocycles. The fraction of sp³-hybridized carbons (Fsp3) is 0.478. The maximum absolute atomic E-state index is 12.2. The predicted molar refractivity (Wildman–Crippen MR) is 110 cm³/mol. The van der Waals surface area contributed by atoms with Crippen molar-refractivity contribution in [3.63, 3.8) is 0 Å². The smallest absolute Gasteiger partial charge is 0.189 e. The maximum atomic E-state index is 12.2. The van der Waals surface area contributed by atoms with E-state index in [1.807, 2.05) is 37.4 Å². The van der Waals surface area contributed by atoms with Gasteiger partial charge in [-0.3, -0.25) is 9.59 Å². The zero-order valence-electron chi connectivity index (χ0n) is 16.2. The Balaban J connectivity index is 1.73. The number of nitrogens with zero attached hydrogens (tertiary/aromatic N) is 1. The number of allylic oxidation sites excluding steroid dienone is 2. The molecule has 0 amide bonds. The Hall–Kier alpha value is -2.16. The van der Waals surface area contributed by atoms with E-state index >= 15 is 0 Å². The first-order chi connectivity index (χ1) is 12.6. The van der Waals surface area contributed by atoms with Crippen LogP contribution >= 0.6 is 0 Å². The lowest BCUT2D eigenvalue weighted by Gasteiger charge is -2.12. The first-order valence-corrected chi connectivity index (χ1v) is 9.90. The van der Waals surface area contributed by atoms with Crippen molar-refractivity contribution in [2.24, 2.45) is 7.05 Å². The van der Waals surface area contributed by atoms with Crippen molar-refractivity contribution in [3.8, 4) is 0 Å². The van der Waals surface area contributed by atoms with Crippen LogP contribution in [0.5, 0.6) is 0 Å². The fourth-order valence-electron chi connectivity index (χ4n) is 3.27. The Labute approximate surface area is 156 Å². The highest BCUT2D eigenvalue weighted by Gasteiger charge is 2.06. The minimum absolute atomic E-state index is 0.106. The average molecular weight is 354 g/mol. The summed E-state index contributed by atoms with van der Waals surface area (Å²) in [6, 6.07) is 9.53. The zero-order valence-corrected chi connectivity index (χ0v) is 16.2. The molecule has 26 heavy (non-hydrogen) atoms. The highest BCUT2D eigenvalue weighted by Crippen LogP contribution is 2.14. The molecule has 0 aliphatic carbocycles. The summed E-state index contributed by atoms with van der Waals surface area (Å²) in [6.45, 7) is 2.16. The lowest BCUT2D eigenvalue weighted by Crippen LogP contribution is -2.11. The number of hydrogen-bond acceptors (Lipinski definition) is 2. The summed E-state index contributed by atoms with van der Waals surface area (Å²) in [4.78, 5) is 24.0. The summed E-state index contributed by atoms with van der Waals surface area (Å²) in [5.41, 5.74) is 2.19. The van der Waals surface area contributed by atoms with Gasteiger partial charge in [0.2, 0.25) is 0 Å². The Morgan fingerprint density at radius 3 is 2.65 bits per heavy atom. The SMILES string of the molecule is CCCCC=CC(=O)CCCCCCc1cc(=O)c2ccccc2n1C. The quantitative estimate of drug-likeness (QED) is 0.404. The summed E-state index contributed by atoms with van der Waals surface area (Å²) >= 11 is 0. The molecule has 1 aromatic carbocycles. The topological polar surface area (TPSA) is 39.1 Å². The third kappa shape index (κ3) is 5.98. The van der Waals surface area contributed by atoms with Gasteiger partial charge >= 0.3 is 0 Å². The third-order valence-electron chi connectivity index (χ3n) is 4.89. The second-order valence-corrected chi connectivity index (χ2v) is 7.00. The summed E-state index contributed by atoms with van der Waals surface area (Å²) in [5.74, 6) is 0.248. The average Bonchev–Trinajstić information content (AvgIpc) is 2.65. The van der Waals surface area contributed by atoms with Crippen molar-refractivity contribution in [1.82, 2.24) is 4.57 Å². The van der Waals surface area contributed by atoms with Crippen molar-refractivity contribution in [3.05, 3.63) is 58.4 Å². The van der Waals surface area contributed by atoms with Crippen LogP contribution < -0.4 is 5.43 Å². The number of aryl methyl sites for hydroxylation is 2. The molecule has 3 nitrogen and oxygen atoms in total. The molecule has 2 aromatic rings. The molecule has 0 saturated heterocycles. The van der Waals surface area contributed by atoms with Crippen molar-refractivity contribution >= 4 is 16.7 Å². The van der Waals surface area contributed by atoms with Gasteiger partial charge in [-0.2, -0.15) is 0 Å². The van der Waals surface area contributed by atoms with Crippen LogP contribution in [0.1, 0.15) is 64.0 Å². The highest BCUT2D eigenvalue weighted by molar-refractivity contribution is 5.89. The molecule has 0 saturated carbocycles. The van der Waals surface area contributed by atoms with Crippen LogP contribution in [0, 0.1) is 0 Å². The standard InChI is InChI=1S/C23H31NO2/c1-3-4-5-9-14-20(25)15-10-7-6-8-13-19-18-23(26)21-16-11-12-17-22(21)24(19)2/h9,11-12,14,16-18H,3-8,10,13,15H2,1-2H3. The number of fused-ring (bicyclic) bond motifs is 1. The molecule has 1 aromatic heterocycles. The third-order valence-corrected chi connectivity index (χ3v) is 4.89. The van der Waals surface area contributed by atoms with E-state index in [4.69, 9.17) is 0 Å². The zero-order chi connectivity index (χ0) is 18.8. The number of para-hydroxylation sites is 1. The number of ketones is 1. The first kappa shape index (κ1) is 20.2.